The predicted octanol–water partition coefficient (Wildman–Crippen LogP) is 2.02. The van der Waals surface area contributed by atoms with Crippen molar-refractivity contribution in [2.45, 2.75) is 51.1 Å². The van der Waals surface area contributed by atoms with E-state index in [1.54, 1.807) is 6.20 Å². The third-order valence-corrected chi connectivity index (χ3v) is 4.33. The van der Waals surface area contributed by atoms with Crippen LogP contribution in [0.5, 0.6) is 0 Å². The van der Waals surface area contributed by atoms with Crippen LogP contribution in [0.4, 0.5) is 0 Å². The zero-order chi connectivity index (χ0) is 16.9. The van der Waals surface area contributed by atoms with E-state index in [9.17, 15) is 4.79 Å². The van der Waals surface area contributed by atoms with Gasteiger partial charge in [0.2, 0.25) is 0 Å². The summed E-state index contributed by atoms with van der Waals surface area (Å²) in [5.74, 6) is -1.05. The van der Waals surface area contributed by atoms with Crippen molar-refractivity contribution in [3.8, 4) is 0 Å². The lowest BCUT2D eigenvalue weighted by molar-refractivity contribution is -0.201. The molecule has 0 amide bonds. The Morgan fingerprint density at radius 1 is 1.33 bits per heavy atom. The lowest BCUT2D eigenvalue weighted by Crippen LogP contribution is -2.33. The topological polar surface area (TPSA) is 71.8 Å². The van der Waals surface area contributed by atoms with E-state index < -0.39 is 5.79 Å². The van der Waals surface area contributed by atoms with Gasteiger partial charge >= 0.3 is 5.97 Å². The number of nitrogens with zero attached hydrogens (tertiary/aromatic N) is 2. The molecule has 2 aliphatic rings. The van der Waals surface area contributed by atoms with Crippen LogP contribution in [-0.4, -0.2) is 46.2 Å². The Bertz CT molecular complexity index is 771. The Morgan fingerprint density at radius 2 is 2.12 bits per heavy atom. The summed E-state index contributed by atoms with van der Waals surface area (Å²) in [5, 5.41) is 1.03. The number of fused-ring (bicyclic) bond motifs is 2. The molecular formula is C17H20N2O5. The fourth-order valence-electron chi connectivity index (χ4n) is 3.41. The molecule has 2 fully saturated rings. The number of carbonyl (C=O) groups excluding carboxylic acids is 1. The van der Waals surface area contributed by atoms with Crippen LogP contribution in [0, 0.1) is 0 Å². The first kappa shape index (κ1) is 15.6. The third-order valence-electron chi connectivity index (χ3n) is 4.33. The molecule has 128 valence electrons. The largest absolute Gasteiger partial charge is 0.463 e. The minimum Gasteiger partial charge on any atom is -0.463 e. The van der Waals surface area contributed by atoms with E-state index in [1.807, 2.05) is 42.8 Å². The average Bonchev–Trinajstić information content (AvgIpc) is 3.16. The number of carbonyl (C=O) groups is 1. The standard InChI is InChI=1S/C17H20N2O5/c1-10(20)21-9-12-13-14(24-17(2,3)23-13)16(22-12)19-8-6-11-5-4-7-18-15(11)19/h4-8,12-14,16H,9H2,1-3H3/t12-,13-,14-,16-/m1/s1. The van der Waals surface area contributed by atoms with Gasteiger partial charge in [0.05, 0.1) is 0 Å². The van der Waals surface area contributed by atoms with Gasteiger partial charge in [0.25, 0.3) is 0 Å². The van der Waals surface area contributed by atoms with Crippen molar-refractivity contribution >= 4 is 17.0 Å². The number of hydrogen-bond acceptors (Lipinski definition) is 6. The van der Waals surface area contributed by atoms with E-state index in [0.717, 1.165) is 11.0 Å². The molecule has 0 unspecified atom stereocenters. The van der Waals surface area contributed by atoms with Crippen LogP contribution in [0.2, 0.25) is 0 Å². The monoisotopic (exact) mass is 332 g/mol. The number of ether oxygens (including phenoxy) is 4. The van der Waals surface area contributed by atoms with Crippen LogP contribution in [0.15, 0.2) is 30.6 Å². The maximum atomic E-state index is 11.1. The first-order valence-corrected chi connectivity index (χ1v) is 8.01. The van der Waals surface area contributed by atoms with Gasteiger partial charge in [0.1, 0.15) is 30.6 Å². The minimum atomic E-state index is -0.706. The van der Waals surface area contributed by atoms with Crippen molar-refractivity contribution in [2.75, 3.05) is 6.61 Å². The minimum absolute atomic E-state index is 0.138. The van der Waals surface area contributed by atoms with Gasteiger partial charge < -0.3 is 23.5 Å². The molecule has 7 nitrogen and oxygen atoms in total. The maximum absolute atomic E-state index is 11.1. The molecule has 0 radical (unpaired) electrons. The van der Waals surface area contributed by atoms with Crippen molar-refractivity contribution in [3.05, 3.63) is 30.6 Å². The molecule has 24 heavy (non-hydrogen) atoms. The normalized spacial score (nSPS) is 31.3. The number of aromatic nitrogens is 2. The van der Waals surface area contributed by atoms with Crippen molar-refractivity contribution < 1.29 is 23.7 Å². The highest BCUT2D eigenvalue weighted by Gasteiger charge is 2.56. The summed E-state index contributed by atoms with van der Waals surface area (Å²) in [6.07, 6.45) is 2.32. The van der Waals surface area contributed by atoms with Crippen LogP contribution in [-0.2, 0) is 23.7 Å². The summed E-state index contributed by atoms with van der Waals surface area (Å²) in [7, 11) is 0. The molecule has 2 aromatic heterocycles. The molecule has 0 spiro atoms. The molecule has 4 rings (SSSR count). The van der Waals surface area contributed by atoms with Gasteiger partial charge in [-0.25, -0.2) is 4.98 Å². The quantitative estimate of drug-likeness (QED) is 0.801. The predicted molar refractivity (Wildman–Crippen MR) is 84.1 cm³/mol. The van der Waals surface area contributed by atoms with Crippen LogP contribution in [0.3, 0.4) is 0 Å². The van der Waals surface area contributed by atoms with Gasteiger partial charge in [-0.2, -0.15) is 0 Å². The molecule has 2 aliphatic heterocycles. The molecule has 0 saturated carbocycles. The Labute approximate surface area is 139 Å². The fourth-order valence-corrected chi connectivity index (χ4v) is 3.41. The number of pyridine rings is 1. The molecule has 0 N–H and O–H groups in total. The Morgan fingerprint density at radius 3 is 2.92 bits per heavy atom. The van der Waals surface area contributed by atoms with E-state index in [4.69, 9.17) is 18.9 Å². The summed E-state index contributed by atoms with van der Waals surface area (Å²) < 4.78 is 25.2. The highest BCUT2D eigenvalue weighted by atomic mass is 16.8. The molecule has 4 atom stereocenters. The summed E-state index contributed by atoms with van der Waals surface area (Å²) in [4.78, 5) is 15.6. The summed E-state index contributed by atoms with van der Waals surface area (Å²) >= 11 is 0. The van der Waals surface area contributed by atoms with Crippen LogP contribution in [0.25, 0.3) is 11.0 Å². The Hall–Kier alpha value is -1.96. The van der Waals surface area contributed by atoms with Crippen LogP contribution in [0.1, 0.15) is 27.0 Å². The van der Waals surface area contributed by atoms with Crippen LogP contribution >= 0.6 is 0 Å². The number of hydrogen-bond donors (Lipinski definition) is 0. The zero-order valence-electron chi connectivity index (χ0n) is 13.8. The lowest BCUT2D eigenvalue weighted by Gasteiger charge is -2.24. The summed E-state index contributed by atoms with van der Waals surface area (Å²) in [5.41, 5.74) is 0.822. The SMILES string of the molecule is CC(=O)OC[C@H]1O[C@@H](n2ccc3cccnc32)[C@@H]2OC(C)(C)O[C@@H]21. The van der Waals surface area contributed by atoms with Gasteiger partial charge in [-0.1, -0.05) is 0 Å². The first-order chi connectivity index (χ1) is 11.4. The van der Waals surface area contributed by atoms with E-state index in [1.165, 1.54) is 6.92 Å². The fraction of sp³-hybridized carbons (Fsp3) is 0.529. The molecule has 0 bridgehead atoms. The molecule has 4 heterocycles. The highest BCUT2D eigenvalue weighted by Crippen LogP contribution is 2.43. The Balaban J connectivity index is 1.66. The van der Waals surface area contributed by atoms with Crippen molar-refractivity contribution in [1.29, 1.82) is 0 Å². The molecule has 0 aromatic carbocycles. The van der Waals surface area contributed by atoms with E-state index in [2.05, 4.69) is 4.98 Å². The summed E-state index contributed by atoms with van der Waals surface area (Å²) in [6.45, 7) is 5.26. The first-order valence-electron chi connectivity index (χ1n) is 8.01. The third kappa shape index (κ3) is 2.58. The second-order valence-electron chi connectivity index (χ2n) is 6.57. The van der Waals surface area contributed by atoms with E-state index in [-0.39, 0.29) is 37.1 Å². The van der Waals surface area contributed by atoms with Gasteiger partial charge in [0, 0.05) is 24.7 Å². The van der Waals surface area contributed by atoms with Crippen LogP contribution < -0.4 is 0 Å². The lowest BCUT2D eigenvalue weighted by atomic mass is 10.1. The van der Waals surface area contributed by atoms with E-state index in [0.29, 0.717) is 0 Å². The summed E-state index contributed by atoms with van der Waals surface area (Å²) in [6, 6.07) is 5.88. The molecule has 0 aliphatic carbocycles. The smallest absolute Gasteiger partial charge is 0.302 e. The second kappa shape index (κ2) is 5.54. The second-order valence-corrected chi connectivity index (χ2v) is 6.57. The van der Waals surface area contributed by atoms with Gasteiger partial charge in [-0.3, -0.25) is 4.79 Å². The highest BCUT2D eigenvalue weighted by molar-refractivity contribution is 5.75. The van der Waals surface area contributed by atoms with E-state index >= 15 is 0 Å². The molecule has 2 saturated heterocycles. The van der Waals surface area contributed by atoms with Gasteiger partial charge in [0.15, 0.2) is 12.0 Å². The van der Waals surface area contributed by atoms with Gasteiger partial charge in [-0.15, -0.1) is 0 Å². The maximum Gasteiger partial charge on any atom is 0.302 e. The Kier molecular flexibility index (Phi) is 3.59. The molecule has 2 aromatic rings. The zero-order valence-corrected chi connectivity index (χ0v) is 13.8. The molecule has 7 heteroatoms. The van der Waals surface area contributed by atoms with Crippen molar-refractivity contribution in [1.82, 2.24) is 9.55 Å². The number of rotatable bonds is 3. The van der Waals surface area contributed by atoms with Crippen molar-refractivity contribution in [3.63, 3.8) is 0 Å². The average molecular weight is 332 g/mol. The van der Waals surface area contributed by atoms with Crippen molar-refractivity contribution in [2.24, 2.45) is 0 Å². The number of esters is 1. The van der Waals surface area contributed by atoms with Gasteiger partial charge in [-0.05, 0) is 32.0 Å². The molecular weight excluding hydrogens is 312 g/mol.